The van der Waals surface area contributed by atoms with Crippen LogP contribution in [0, 0.1) is 5.41 Å². The third-order valence-electron chi connectivity index (χ3n) is 3.47. The molecule has 1 atom stereocenters. The van der Waals surface area contributed by atoms with Crippen molar-refractivity contribution in [1.29, 1.82) is 5.41 Å². The van der Waals surface area contributed by atoms with Gasteiger partial charge in [-0.05, 0) is 22.9 Å². The first-order chi connectivity index (χ1) is 9.30. The van der Waals surface area contributed by atoms with Crippen LogP contribution in [-0.2, 0) is 6.54 Å². The van der Waals surface area contributed by atoms with Crippen LogP contribution >= 0.6 is 0 Å². The largest absolute Gasteiger partial charge is 1.00 e. The van der Waals surface area contributed by atoms with Crippen molar-refractivity contribution in [2.45, 2.75) is 25.9 Å². The summed E-state index contributed by atoms with van der Waals surface area (Å²) >= 11 is 0. The number of fused-ring (bicyclic) bond motifs is 1. The first-order valence-corrected chi connectivity index (χ1v) is 6.68. The van der Waals surface area contributed by atoms with Crippen LogP contribution in [0.3, 0.4) is 0 Å². The molecule has 1 unspecified atom stereocenters. The number of nitrogens with zero attached hydrogens (tertiary/aromatic N) is 1. The van der Waals surface area contributed by atoms with E-state index in [-0.39, 0.29) is 57.4 Å². The van der Waals surface area contributed by atoms with E-state index < -0.39 is 0 Å². The summed E-state index contributed by atoms with van der Waals surface area (Å²) in [7, 11) is 0. The van der Waals surface area contributed by atoms with Gasteiger partial charge in [0.05, 0.1) is 0 Å². The van der Waals surface area contributed by atoms with E-state index in [0.717, 1.165) is 17.4 Å². The summed E-state index contributed by atoms with van der Waals surface area (Å²) in [4.78, 5) is 0. The molecule has 0 radical (unpaired) electrons. The van der Waals surface area contributed by atoms with Crippen LogP contribution in [0.1, 0.15) is 24.5 Å². The quantitative estimate of drug-likeness (QED) is 0.589. The molecule has 3 N–H and O–H groups in total. The van der Waals surface area contributed by atoms with Crippen LogP contribution in [0.4, 0.5) is 0 Å². The summed E-state index contributed by atoms with van der Waals surface area (Å²) in [6, 6.07) is 12.5. The fourth-order valence-electron chi connectivity index (χ4n) is 2.25. The number of nitrogens with two attached hydrogens (primary N) is 1. The maximum absolute atomic E-state index is 7.46. The number of nitrogens with one attached hydrogen (secondary N) is 1. The second-order valence-corrected chi connectivity index (χ2v) is 4.64. The van der Waals surface area contributed by atoms with Gasteiger partial charge in [-0.1, -0.05) is 55.3 Å². The molecular formula is C16H20KN3. The van der Waals surface area contributed by atoms with Crippen LogP contribution in [0.5, 0.6) is 0 Å². The Labute approximate surface area is 163 Å². The predicted octanol–water partition coefficient (Wildman–Crippen LogP) is 0.452. The average molecular weight is 293 g/mol. The Balaban J connectivity index is 0.00000200. The Morgan fingerprint density at radius 2 is 1.90 bits per heavy atom. The van der Waals surface area contributed by atoms with Gasteiger partial charge >= 0.3 is 51.4 Å². The molecule has 3 nitrogen and oxygen atoms in total. The summed E-state index contributed by atoms with van der Waals surface area (Å²) in [5, 5.41) is 14.4. The van der Waals surface area contributed by atoms with Crippen molar-refractivity contribution in [1.82, 2.24) is 0 Å². The van der Waals surface area contributed by atoms with Gasteiger partial charge in [0.1, 0.15) is 0 Å². The SMILES string of the molecule is CCC(CN)[N-]Cc1ccc(C=N)c2ccccc12.[K+]. The minimum atomic E-state index is 0. The van der Waals surface area contributed by atoms with Gasteiger partial charge in [0.25, 0.3) is 0 Å². The van der Waals surface area contributed by atoms with Gasteiger partial charge in [0, 0.05) is 6.21 Å². The van der Waals surface area contributed by atoms with E-state index in [4.69, 9.17) is 11.1 Å². The molecule has 0 aromatic heterocycles. The van der Waals surface area contributed by atoms with E-state index in [1.807, 2.05) is 18.2 Å². The molecule has 2 aromatic rings. The van der Waals surface area contributed by atoms with Crippen LogP contribution in [0.15, 0.2) is 36.4 Å². The third kappa shape index (κ3) is 4.21. The van der Waals surface area contributed by atoms with Gasteiger partial charge in [-0.25, -0.2) is 0 Å². The first-order valence-electron chi connectivity index (χ1n) is 6.68. The Morgan fingerprint density at radius 3 is 2.50 bits per heavy atom. The maximum atomic E-state index is 7.46. The zero-order valence-electron chi connectivity index (χ0n) is 12.3. The maximum Gasteiger partial charge on any atom is 1.00 e. The Bertz CT molecular complexity index is 565. The summed E-state index contributed by atoms with van der Waals surface area (Å²) in [5.41, 5.74) is 7.83. The first kappa shape index (κ1) is 18.0. The van der Waals surface area contributed by atoms with Gasteiger partial charge in [-0.2, -0.15) is 0 Å². The van der Waals surface area contributed by atoms with Crippen molar-refractivity contribution in [3.8, 4) is 0 Å². The fraction of sp³-hybridized carbons (Fsp3) is 0.312. The standard InChI is InChI=1S/C16H20N3.K/c1-2-14(10-18)19-11-13-8-7-12(9-17)15-5-3-4-6-16(13)15;/h3-9,14,17H,2,10-11,18H2,1H3;/q-1;+1. The van der Waals surface area contributed by atoms with Crippen LogP contribution in [0.2, 0.25) is 0 Å². The minimum absolute atomic E-state index is 0. The van der Waals surface area contributed by atoms with Crippen LogP contribution < -0.4 is 57.1 Å². The number of benzene rings is 2. The molecule has 0 fully saturated rings. The topological polar surface area (TPSA) is 64.0 Å². The fourth-order valence-corrected chi connectivity index (χ4v) is 2.25. The van der Waals surface area contributed by atoms with E-state index in [1.165, 1.54) is 17.2 Å². The van der Waals surface area contributed by atoms with Gasteiger partial charge in [0.15, 0.2) is 0 Å². The van der Waals surface area contributed by atoms with Crippen molar-refractivity contribution in [2.24, 2.45) is 5.73 Å². The summed E-state index contributed by atoms with van der Waals surface area (Å²) in [5.74, 6) is 0. The third-order valence-corrected chi connectivity index (χ3v) is 3.47. The van der Waals surface area contributed by atoms with Crippen molar-refractivity contribution in [3.63, 3.8) is 0 Å². The van der Waals surface area contributed by atoms with E-state index in [1.54, 1.807) is 0 Å². The monoisotopic (exact) mass is 293 g/mol. The van der Waals surface area contributed by atoms with Crippen LogP contribution in [0.25, 0.3) is 16.1 Å². The molecule has 0 saturated heterocycles. The van der Waals surface area contributed by atoms with Crippen molar-refractivity contribution >= 4 is 17.0 Å². The average Bonchev–Trinajstić information content (AvgIpc) is 2.48. The Kier molecular flexibility index (Phi) is 8.13. The Hall–Kier alpha value is -0.0736. The van der Waals surface area contributed by atoms with Crippen LogP contribution in [-0.4, -0.2) is 18.8 Å². The zero-order valence-corrected chi connectivity index (χ0v) is 15.4. The molecule has 20 heavy (non-hydrogen) atoms. The predicted molar refractivity (Wildman–Crippen MR) is 82.0 cm³/mol. The smallest absolute Gasteiger partial charge is 0.655 e. The second kappa shape index (κ2) is 9.05. The molecule has 100 valence electrons. The van der Waals surface area contributed by atoms with Crippen molar-refractivity contribution in [2.75, 3.05) is 6.54 Å². The van der Waals surface area contributed by atoms with Crippen molar-refractivity contribution in [3.05, 3.63) is 52.8 Å². The molecule has 0 amide bonds. The molecule has 4 heteroatoms. The van der Waals surface area contributed by atoms with E-state index in [0.29, 0.717) is 13.1 Å². The molecule has 0 spiro atoms. The minimum Gasteiger partial charge on any atom is -0.655 e. The van der Waals surface area contributed by atoms with Gasteiger partial charge < -0.3 is 16.5 Å². The molecule has 0 saturated carbocycles. The molecule has 0 heterocycles. The molecule has 0 aliphatic carbocycles. The second-order valence-electron chi connectivity index (χ2n) is 4.64. The molecule has 0 aliphatic heterocycles. The Morgan fingerprint density at radius 1 is 1.20 bits per heavy atom. The molecule has 2 aromatic carbocycles. The molecule has 0 bridgehead atoms. The summed E-state index contributed by atoms with van der Waals surface area (Å²) in [6.07, 6.45) is 2.38. The van der Waals surface area contributed by atoms with E-state index in [9.17, 15) is 0 Å². The van der Waals surface area contributed by atoms with Gasteiger partial charge in [-0.15, -0.1) is 12.6 Å². The number of hydrogen-bond donors (Lipinski definition) is 2. The summed E-state index contributed by atoms with van der Waals surface area (Å²) < 4.78 is 0. The molecule has 0 aliphatic rings. The van der Waals surface area contributed by atoms with Gasteiger partial charge in [-0.3, -0.25) is 0 Å². The van der Waals surface area contributed by atoms with E-state index in [2.05, 4.69) is 30.4 Å². The zero-order chi connectivity index (χ0) is 13.7. The molecule has 2 rings (SSSR count). The van der Waals surface area contributed by atoms with Gasteiger partial charge in [0.2, 0.25) is 0 Å². The van der Waals surface area contributed by atoms with E-state index >= 15 is 0 Å². The normalized spacial score (nSPS) is 11.9. The number of hydrogen-bond acceptors (Lipinski definition) is 2. The number of rotatable bonds is 6. The summed E-state index contributed by atoms with van der Waals surface area (Å²) in [6.45, 7) is 3.40. The van der Waals surface area contributed by atoms with Crippen molar-refractivity contribution < 1.29 is 51.4 Å². The molecular weight excluding hydrogens is 273 g/mol.